The van der Waals surface area contributed by atoms with Gasteiger partial charge in [0.15, 0.2) is 0 Å². The quantitative estimate of drug-likeness (QED) is 0.150. The number of aromatic amines is 1. The molecule has 19 nitrogen and oxygen atoms in total. The van der Waals surface area contributed by atoms with E-state index in [1.807, 2.05) is 4.98 Å². The van der Waals surface area contributed by atoms with Crippen molar-refractivity contribution in [2.45, 2.75) is 31.8 Å². The maximum Gasteiger partial charge on any atom is 0.580 e. The Morgan fingerprint density at radius 2 is 1.76 bits per heavy atom. The lowest BCUT2D eigenvalue weighted by Crippen LogP contribution is -2.33. The molecule has 1 unspecified atom stereocenters. The topological polar surface area (TPSA) is 294 Å². The van der Waals surface area contributed by atoms with Crippen LogP contribution in [0.25, 0.3) is 0 Å². The molecule has 0 amide bonds. The Kier molecular flexibility index (Phi) is 8.76. The van der Waals surface area contributed by atoms with Gasteiger partial charge in [-0.3, -0.25) is 23.8 Å². The first-order valence-corrected chi connectivity index (χ1v) is 14.4. The maximum atomic E-state index is 12.0. The number of aromatic nitrogens is 2. The van der Waals surface area contributed by atoms with E-state index >= 15 is 0 Å². The van der Waals surface area contributed by atoms with E-state index in [1.54, 1.807) is 0 Å². The van der Waals surface area contributed by atoms with E-state index in [1.165, 1.54) is 6.92 Å². The van der Waals surface area contributed by atoms with Gasteiger partial charge in [0.1, 0.15) is 25.0 Å². The summed E-state index contributed by atoms with van der Waals surface area (Å²) in [5, 5.41) is 0. The summed E-state index contributed by atoms with van der Waals surface area (Å²) in [5.74, 6) is 0. The SMILES string of the molecule is Cc1cn([C@H]2C[C@@H](OP(=O)(O)O)[C@@H](CO[P+](O)(O)OP(=O)(O)OP(=O)(O)O)O2)c(=O)[nH]c1=O. The van der Waals surface area contributed by atoms with Crippen LogP contribution in [0.15, 0.2) is 15.8 Å². The summed E-state index contributed by atoms with van der Waals surface area (Å²) in [7, 11) is -21.8. The summed E-state index contributed by atoms with van der Waals surface area (Å²) in [4.78, 5) is 89.1. The van der Waals surface area contributed by atoms with E-state index in [0.717, 1.165) is 10.8 Å². The van der Waals surface area contributed by atoms with E-state index < -0.39 is 74.4 Å². The van der Waals surface area contributed by atoms with Crippen molar-refractivity contribution >= 4 is 31.6 Å². The number of phosphoric ester groups is 1. The first-order valence-electron chi connectivity index (χ1n) is 8.28. The highest BCUT2D eigenvalue weighted by Gasteiger charge is 2.53. The van der Waals surface area contributed by atoms with Gasteiger partial charge in [-0.25, -0.2) is 18.5 Å². The summed E-state index contributed by atoms with van der Waals surface area (Å²) in [6, 6.07) is 0. The largest absolute Gasteiger partial charge is 0.580 e. The number of aryl methyl sites for hydroxylation is 1. The number of nitrogens with zero attached hydrogens (tertiary/aromatic N) is 1. The minimum Gasteiger partial charge on any atom is -0.349 e. The lowest BCUT2D eigenvalue weighted by atomic mass is 10.2. The monoisotopic (exact) mass is 563 g/mol. The third-order valence-electron chi connectivity index (χ3n) is 3.74. The number of rotatable bonds is 10. The molecule has 190 valence electrons. The van der Waals surface area contributed by atoms with Crippen molar-refractivity contribution < 1.29 is 70.4 Å². The van der Waals surface area contributed by atoms with Crippen LogP contribution in [-0.4, -0.2) is 62.6 Å². The molecule has 23 heteroatoms. The number of hydrogen-bond acceptors (Lipinski definition) is 12. The molecular weight excluding hydrogens is 544 g/mol. The first kappa shape index (κ1) is 28.6. The van der Waals surface area contributed by atoms with Gasteiger partial charge < -0.3 is 24.3 Å². The smallest absolute Gasteiger partial charge is 0.349 e. The predicted molar refractivity (Wildman–Crippen MR) is 103 cm³/mol. The molecule has 0 aromatic carbocycles. The second kappa shape index (κ2) is 10.1. The molecule has 8 N–H and O–H groups in total. The van der Waals surface area contributed by atoms with E-state index in [9.17, 15) is 38.0 Å². The van der Waals surface area contributed by atoms with Crippen LogP contribution in [0.5, 0.6) is 0 Å². The highest BCUT2D eigenvalue weighted by atomic mass is 31.3. The molecule has 1 aromatic rings. The van der Waals surface area contributed by atoms with Crippen molar-refractivity contribution in [3.63, 3.8) is 0 Å². The molecule has 4 atom stereocenters. The molecule has 1 aliphatic heterocycles. The summed E-state index contributed by atoms with van der Waals surface area (Å²) in [6.07, 6.45) is -3.70. The molecule has 1 fully saturated rings. The summed E-state index contributed by atoms with van der Waals surface area (Å²) < 4.78 is 55.8. The minimum absolute atomic E-state index is 0.0816. The predicted octanol–water partition coefficient (Wildman–Crippen LogP) is -1.48. The Hall–Kier alpha value is -0.680. The van der Waals surface area contributed by atoms with Crippen molar-refractivity contribution in [3.05, 3.63) is 32.6 Å². The van der Waals surface area contributed by atoms with Crippen LogP contribution in [0.3, 0.4) is 0 Å². The van der Waals surface area contributed by atoms with Crippen LogP contribution in [0.1, 0.15) is 18.2 Å². The van der Waals surface area contributed by atoms with Crippen LogP contribution in [-0.2, 0) is 36.1 Å². The number of phosphoric acid groups is 3. The molecule has 1 aliphatic rings. The van der Waals surface area contributed by atoms with E-state index in [4.69, 9.17) is 24.3 Å². The van der Waals surface area contributed by atoms with Crippen molar-refractivity contribution in [2.75, 3.05) is 6.61 Å². The number of nitrogens with one attached hydrogen (secondary N) is 1. The van der Waals surface area contributed by atoms with Gasteiger partial charge in [0.05, 0.1) is 0 Å². The molecule has 0 bridgehead atoms. The zero-order chi connectivity index (χ0) is 25.4. The molecule has 0 aliphatic carbocycles. The van der Waals surface area contributed by atoms with Gasteiger partial charge in [0.25, 0.3) is 5.56 Å². The number of hydrogen-bond donors (Lipinski definition) is 8. The third kappa shape index (κ3) is 9.12. The number of ether oxygens (including phenoxy) is 1. The van der Waals surface area contributed by atoms with Gasteiger partial charge in [-0.1, -0.05) is 0 Å². The molecule has 33 heavy (non-hydrogen) atoms. The van der Waals surface area contributed by atoms with Crippen LogP contribution in [0, 0.1) is 6.92 Å². The molecule has 2 heterocycles. The van der Waals surface area contributed by atoms with Crippen molar-refractivity contribution in [1.82, 2.24) is 9.55 Å². The first-order chi connectivity index (χ1) is 14.8. The van der Waals surface area contributed by atoms with E-state index in [2.05, 4.69) is 17.7 Å². The Labute approximate surface area is 183 Å². The zero-order valence-corrected chi connectivity index (χ0v) is 19.8. The Balaban J connectivity index is 2.19. The van der Waals surface area contributed by atoms with Crippen molar-refractivity contribution in [1.29, 1.82) is 0 Å². The highest BCUT2D eigenvalue weighted by molar-refractivity contribution is 7.68. The van der Waals surface area contributed by atoms with Crippen LogP contribution in [0.2, 0.25) is 0 Å². The Morgan fingerprint density at radius 1 is 1.15 bits per heavy atom. The lowest BCUT2D eigenvalue weighted by molar-refractivity contribution is -0.0468. The van der Waals surface area contributed by atoms with Crippen LogP contribution >= 0.6 is 31.6 Å². The summed E-state index contributed by atoms with van der Waals surface area (Å²) in [5.41, 5.74) is -1.56. The van der Waals surface area contributed by atoms with Gasteiger partial charge in [-0.2, -0.15) is 18.6 Å². The van der Waals surface area contributed by atoms with Gasteiger partial charge in [0.2, 0.25) is 0 Å². The van der Waals surface area contributed by atoms with E-state index in [-0.39, 0.29) is 5.56 Å². The molecule has 1 aromatic heterocycles. The minimum atomic E-state index is -5.74. The molecule has 0 radical (unpaired) electrons. The van der Waals surface area contributed by atoms with Crippen LogP contribution < -0.4 is 11.2 Å². The van der Waals surface area contributed by atoms with Gasteiger partial charge >= 0.3 is 37.3 Å². The maximum absolute atomic E-state index is 12.0. The Bertz CT molecular complexity index is 1120. The fourth-order valence-corrected chi connectivity index (χ4v) is 6.23. The molecular formula is C10H19N2O17P4+. The van der Waals surface area contributed by atoms with Crippen molar-refractivity contribution in [2.24, 2.45) is 0 Å². The Morgan fingerprint density at radius 3 is 2.30 bits per heavy atom. The fraction of sp³-hybridized carbons (Fsp3) is 0.600. The van der Waals surface area contributed by atoms with Gasteiger partial charge in [0, 0.05) is 18.2 Å². The highest BCUT2D eigenvalue weighted by Crippen LogP contribution is 2.69. The second-order valence-corrected chi connectivity index (χ2v) is 12.0. The molecule has 1 saturated heterocycles. The standard InChI is InChI=1S/C10H18N2O17P4/c1-5-3-12(10(14)11-9(5)13)8-2-6(27-30(15,16)17)7(26-8)4-25-32(21,22)29-33(23,24)28-31(18,19)20/h3,6-8,21-22H,2,4H2,1H3,(H5-,11,13,14,15,16,17,18,19,20,23,24)/p+1/t6-,7-,8-/m1/s1. The second-order valence-electron chi connectivity index (χ2n) is 6.39. The summed E-state index contributed by atoms with van der Waals surface area (Å²) >= 11 is 0. The molecule has 0 saturated carbocycles. The normalized spacial score (nSPS) is 24.1. The van der Waals surface area contributed by atoms with Gasteiger partial charge in [-0.05, 0) is 11.2 Å². The number of H-pyrrole nitrogens is 1. The van der Waals surface area contributed by atoms with Crippen LogP contribution in [0.4, 0.5) is 0 Å². The third-order valence-corrected chi connectivity index (χ3v) is 8.12. The molecule has 2 rings (SSSR count). The van der Waals surface area contributed by atoms with Gasteiger partial charge in [-0.15, -0.1) is 0 Å². The lowest BCUT2D eigenvalue weighted by Gasteiger charge is -2.19. The average molecular weight is 563 g/mol. The fourth-order valence-electron chi connectivity index (χ4n) is 2.59. The van der Waals surface area contributed by atoms with Crippen molar-refractivity contribution in [3.8, 4) is 0 Å². The zero-order valence-electron chi connectivity index (χ0n) is 16.2. The van der Waals surface area contributed by atoms with E-state index in [0.29, 0.717) is 0 Å². The molecule has 0 spiro atoms. The summed E-state index contributed by atoms with van der Waals surface area (Å²) in [6.45, 7) is 0.323. The average Bonchev–Trinajstić information content (AvgIpc) is 2.93.